The molecule has 2 aromatic carbocycles. The molecule has 0 fully saturated rings. The summed E-state index contributed by atoms with van der Waals surface area (Å²) in [5, 5.41) is 8.81. The van der Waals surface area contributed by atoms with Crippen molar-refractivity contribution in [1.29, 1.82) is 0 Å². The predicted octanol–water partition coefficient (Wildman–Crippen LogP) is 4.48. The molecular formula is C20H19N5. The molecule has 1 N–H and O–H groups in total. The Balaban J connectivity index is 1.77. The summed E-state index contributed by atoms with van der Waals surface area (Å²) in [6, 6.07) is 14.5. The summed E-state index contributed by atoms with van der Waals surface area (Å²) in [7, 11) is 0. The number of hydrogen-bond acceptors (Lipinski definition) is 4. The summed E-state index contributed by atoms with van der Waals surface area (Å²) >= 11 is 0. The molecule has 2 heterocycles. The van der Waals surface area contributed by atoms with Crippen LogP contribution in [0.25, 0.3) is 16.7 Å². The number of fused-ring (bicyclic) bond motifs is 1. The maximum absolute atomic E-state index is 4.51. The molecule has 5 heteroatoms. The third-order valence-electron chi connectivity index (χ3n) is 4.28. The lowest BCUT2D eigenvalue weighted by molar-refractivity contribution is 0.894. The molecular weight excluding hydrogens is 310 g/mol. The van der Waals surface area contributed by atoms with Gasteiger partial charge in [0.25, 0.3) is 0 Å². The van der Waals surface area contributed by atoms with E-state index >= 15 is 0 Å². The third-order valence-corrected chi connectivity index (χ3v) is 4.28. The summed E-state index contributed by atoms with van der Waals surface area (Å²) in [5.74, 6) is 0.760. The fraction of sp³-hybridized carbons (Fsp3) is 0.150. The van der Waals surface area contributed by atoms with Gasteiger partial charge >= 0.3 is 0 Å². The second-order valence-corrected chi connectivity index (χ2v) is 6.29. The molecule has 0 amide bonds. The fourth-order valence-corrected chi connectivity index (χ4v) is 2.90. The van der Waals surface area contributed by atoms with Crippen molar-refractivity contribution in [2.45, 2.75) is 20.8 Å². The average molecular weight is 329 g/mol. The first-order valence-corrected chi connectivity index (χ1v) is 8.22. The smallest absolute Gasteiger partial charge is 0.168 e. The largest absolute Gasteiger partial charge is 0.339 e. The van der Waals surface area contributed by atoms with Gasteiger partial charge in [-0.3, -0.25) is 0 Å². The zero-order valence-corrected chi connectivity index (χ0v) is 14.5. The Kier molecular flexibility index (Phi) is 3.69. The van der Waals surface area contributed by atoms with E-state index in [-0.39, 0.29) is 0 Å². The van der Waals surface area contributed by atoms with Crippen LogP contribution >= 0.6 is 0 Å². The first-order chi connectivity index (χ1) is 12.1. The van der Waals surface area contributed by atoms with Gasteiger partial charge in [-0.15, -0.1) is 0 Å². The Labute approximate surface area is 146 Å². The number of hydrogen-bond donors (Lipinski definition) is 1. The second kappa shape index (κ2) is 6.02. The molecule has 4 rings (SSSR count). The minimum atomic E-state index is 0.760. The Morgan fingerprint density at radius 3 is 2.40 bits per heavy atom. The van der Waals surface area contributed by atoms with Crippen molar-refractivity contribution >= 4 is 22.5 Å². The van der Waals surface area contributed by atoms with Crippen LogP contribution in [0.5, 0.6) is 0 Å². The SMILES string of the molecule is Cc1ccc(-n2ncc3c(Nc4ccc(C)cc4C)ncnc32)cc1. The van der Waals surface area contributed by atoms with Crippen molar-refractivity contribution in [2.24, 2.45) is 0 Å². The highest BCUT2D eigenvalue weighted by Crippen LogP contribution is 2.26. The molecule has 2 aromatic heterocycles. The van der Waals surface area contributed by atoms with Crippen LogP contribution in [0, 0.1) is 20.8 Å². The van der Waals surface area contributed by atoms with Crippen LogP contribution in [0.1, 0.15) is 16.7 Å². The standard InChI is InChI=1S/C20H19N5/c1-13-4-7-16(8-5-13)25-20-17(11-23-25)19(21-12-22-20)24-18-9-6-14(2)10-15(18)3/h4-12H,1-3H3,(H,21,22,24). The quantitative estimate of drug-likeness (QED) is 0.602. The van der Waals surface area contributed by atoms with Gasteiger partial charge in [-0.2, -0.15) is 5.10 Å². The van der Waals surface area contributed by atoms with Crippen LogP contribution in [-0.2, 0) is 0 Å². The molecule has 0 aliphatic rings. The monoisotopic (exact) mass is 329 g/mol. The molecule has 0 aliphatic carbocycles. The molecule has 0 spiro atoms. The summed E-state index contributed by atoms with van der Waals surface area (Å²) in [5.41, 5.74) is 6.43. The van der Waals surface area contributed by atoms with Gasteiger partial charge in [0.2, 0.25) is 0 Å². The van der Waals surface area contributed by atoms with Gasteiger partial charge in [0.1, 0.15) is 12.1 Å². The van der Waals surface area contributed by atoms with Crippen molar-refractivity contribution in [3.63, 3.8) is 0 Å². The highest BCUT2D eigenvalue weighted by Gasteiger charge is 2.12. The van der Waals surface area contributed by atoms with Gasteiger partial charge in [0, 0.05) is 5.69 Å². The number of rotatable bonds is 3. The number of anilines is 2. The van der Waals surface area contributed by atoms with Crippen LogP contribution in [0.4, 0.5) is 11.5 Å². The van der Waals surface area contributed by atoms with Gasteiger partial charge < -0.3 is 5.32 Å². The predicted molar refractivity (Wildman–Crippen MR) is 101 cm³/mol. The Morgan fingerprint density at radius 1 is 0.880 bits per heavy atom. The molecule has 25 heavy (non-hydrogen) atoms. The Bertz CT molecular complexity index is 1050. The van der Waals surface area contributed by atoms with E-state index in [1.165, 1.54) is 16.7 Å². The van der Waals surface area contributed by atoms with E-state index in [1.807, 2.05) is 16.8 Å². The number of nitrogens with zero attached hydrogens (tertiary/aromatic N) is 4. The van der Waals surface area contributed by atoms with Crippen molar-refractivity contribution in [3.8, 4) is 5.69 Å². The van der Waals surface area contributed by atoms with E-state index < -0.39 is 0 Å². The van der Waals surface area contributed by atoms with Gasteiger partial charge in [-0.05, 0) is 44.5 Å². The minimum Gasteiger partial charge on any atom is -0.339 e. The molecule has 0 bridgehead atoms. The first kappa shape index (κ1) is 15.3. The van der Waals surface area contributed by atoms with E-state index in [4.69, 9.17) is 0 Å². The Hall–Kier alpha value is -3.21. The van der Waals surface area contributed by atoms with E-state index in [1.54, 1.807) is 12.5 Å². The Morgan fingerprint density at radius 2 is 1.64 bits per heavy atom. The maximum Gasteiger partial charge on any atom is 0.168 e. The van der Waals surface area contributed by atoms with Crippen LogP contribution < -0.4 is 5.32 Å². The van der Waals surface area contributed by atoms with Crippen molar-refractivity contribution in [3.05, 3.63) is 71.7 Å². The lowest BCUT2D eigenvalue weighted by Crippen LogP contribution is -2.00. The molecule has 4 aromatic rings. The number of benzene rings is 2. The molecule has 0 atom stereocenters. The molecule has 124 valence electrons. The number of aryl methyl sites for hydroxylation is 3. The normalized spacial score (nSPS) is 11.0. The zero-order chi connectivity index (χ0) is 17.4. The number of nitrogens with one attached hydrogen (secondary N) is 1. The average Bonchev–Trinajstić information content (AvgIpc) is 3.03. The van der Waals surface area contributed by atoms with E-state index in [9.17, 15) is 0 Å². The number of aromatic nitrogens is 4. The molecule has 0 saturated heterocycles. The fourth-order valence-electron chi connectivity index (χ4n) is 2.90. The topological polar surface area (TPSA) is 55.6 Å². The summed E-state index contributed by atoms with van der Waals surface area (Å²) in [6.07, 6.45) is 3.38. The van der Waals surface area contributed by atoms with Crippen molar-refractivity contribution in [1.82, 2.24) is 19.7 Å². The van der Waals surface area contributed by atoms with Gasteiger partial charge in [0.15, 0.2) is 5.65 Å². The summed E-state index contributed by atoms with van der Waals surface area (Å²) in [6.45, 7) is 6.24. The zero-order valence-electron chi connectivity index (χ0n) is 14.5. The van der Waals surface area contributed by atoms with Gasteiger partial charge in [0.05, 0.1) is 17.3 Å². The van der Waals surface area contributed by atoms with Crippen molar-refractivity contribution < 1.29 is 0 Å². The highest BCUT2D eigenvalue weighted by molar-refractivity contribution is 5.89. The first-order valence-electron chi connectivity index (χ1n) is 8.22. The van der Waals surface area contributed by atoms with Crippen LogP contribution in [0.3, 0.4) is 0 Å². The summed E-state index contributed by atoms with van der Waals surface area (Å²) in [4.78, 5) is 8.84. The summed E-state index contributed by atoms with van der Waals surface area (Å²) < 4.78 is 1.84. The van der Waals surface area contributed by atoms with Crippen LogP contribution in [-0.4, -0.2) is 19.7 Å². The van der Waals surface area contributed by atoms with Gasteiger partial charge in [-0.1, -0.05) is 35.4 Å². The van der Waals surface area contributed by atoms with Crippen LogP contribution in [0.15, 0.2) is 55.0 Å². The molecule has 0 aliphatic heterocycles. The van der Waals surface area contributed by atoms with Gasteiger partial charge in [-0.25, -0.2) is 14.6 Å². The van der Waals surface area contributed by atoms with E-state index in [0.717, 1.165) is 28.2 Å². The lowest BCUT2D eigenvalue weighted by atomic mass is 10.1. The molecule has 5 nitrogen and oxygen atoms in total. The van der Waals surface area contributed by atoms with Crippen LogP contribution in [0.2, 0.25) is 0 Å². The van der Waals surface area contributed by atoms with Crippen molar-refractivity contribution in [2.75, 3.05) is 5.32 Å². The third kappa shape index (κ3) is 2.85. The second-order valence-electron chi connectivity index (χ2n) is 6.29. The molecule has 0 saturated carbocycles. The highest BCUT2D eigenvalue weighted by atomic mass is 15.3. The molecule has 0 radical (unpaired) electrons. The minimum absolute atomic E-state index is 0.760. The molecule has 0 unspecified atom stereocenters. The maximum atomic E-state index is 4.51. The van der Waals surface area contributed by atoms with E-state index in [2.05, 4.69) is 71.5 Å². The van der Waals surface area contributed by atoms with E-state index in [0.29, 0.717) is 0 Å². The lowest BCUT2D eigenvalue weighted by Gasteiger charge is -2.10.